The molecule has 1 heterocycles. The molecule has 72 valence electrons. The van der Waals surface area contributed by atoms with Gasteiger partial charge >= 0.3 is 6.18 Å². The molecule has 1 nitrogen and oxygen atoms in total. The summed E-state index contributed by atoms with van der Waals surface area (Å²) in [5.74, 6) is -0.207. The fourth-order valence-corrected chi connectivity index (χ4v) is 1.69. The lowest BCUT2D eigenvalue weighted by atomic mass is 10.1. The van der Waals surface area contributed by atoms with Crippen LogP contribution in [0, 0.1) is 0 Å². The van der Waals surface area contributed by atoms with Crippen LogP contribution in [0.15, 0.2) is 16.9 Å². The van der Waals surface area contributed by atoms with Crippen molar-refractivity contribution >= 4 is 27.5 Å². The highest BCUT2D eigenvalue weighted by atomic mass is 79.9. The summed E-state index contributed by atoms with van der Waals surface area (Å²) in [5.41, 5.74) is -0.777. The van der Waals surface area contributed by atoms with E-state index in [0.717, 1.165) is 12.4 Å². The van der Waals surface area contributed by atoms with Gasteiger partial charge in [0.2, 0.25) is 0 Å². The standard InChI is InChI=1S/C7H4BrClF3N/c8-5-3-13-2-4(1-9)6(5)7(10,11)12/h2-3H,1H2. The molecule has 0 aliphatic rings. The highest BCUT2D eigenvalue weighted by Crippen LogP contribution is 2.37. The molecule has 1 rings (SSSR count). The number of pyridine rings is 1. The van der Waals surface area contributed by atoms with Crippen molar-refractivity contribution in [2.45, 2.75) is 12.1 Å². The first-order valence-corrected chi connectivity index (χ1v) is 4.55. The molecule has 0 aliphatic carbocycles. The Labute approximate surface area is 86.0 Å². The number of hydrogen-bond acceptors (Lipinski definition) is 1. The second kappa shape index (κ2) is 3.84. The summed E-state index contributed by atoms with van der Waals surface area (Å²) < 4.78 is 37.1. The zero-order valence-electron chi connectivity index (χ0n) is 6.20. The lowest BCUT2D eigenvalue weighted by Gasteiger charge is -2.11. The van der Waals surface area contributed by atoms with Crippen molar-refractivity contribution in [1.29, 1.82) is 0 Å². The molecule has 13 heavy (non-hydrogen) atoms. The zero-order valence-corrected chi connectivity index (χ0v) is 8.54. The molecular formula is C7H4BrClF3N. The average Bonchev–Trinajstić information content (AvgIpc) is 2.01. The largest absolute Gasteiger partial charge is 0.417 e. The zero-order chi connectivity index (χ0) is 10.1. The number of nitrogens with zero attached hydrogens (tertiary/aromatic N) is 1. The van der Waals surface area contributed by atoms with Gasteiger partial charge in [-0.25, -0.2) is 0 Å². The summed E-state index contributed by atoms with van der Waals surface area (Å²) in [6.07, 6.45) is -2.19. The van der Waals surface area contributed by atoms with Crippen LogP contribution < -0.4 is 0 Å². The van der Waals surface area contributed by atoms with Crippen molar-refractivity contribution in [2.24, 2.45) is 0 Å². The van der Waals surface area contributed by atoms with Gasteiger partial charge in [0.15, 0.2) is 0 Å². The quantitative estimate of drug-likeness (QED) is 0.713. The number of aromatic nitrogens is 1. The molecule has 1 aromatic rings. The van der Waals surface area contributed by atoms with Crippen molar-refractivity contribution in [2.75, 3.05) is 0 Å². The van der Waals surface area contributed by atoms with Crippen molar-refractivity contribution in [3.05, 3.63) is 28.0 Å². The number of hydrogen-bond donors (Lipinski definition) is 0. The Morgan fingerprint density at radius 2 is 2.00 bits per heavy atom. The minimum absolute atomic E-state index is 0.0245. The van der Waals surface area contributed by atoms with Crippen LogP contribution in [0.2, 0.25) is 0 Å². The van der Waals surface area contributed by atoms with Crippen LogP contribution in [0.25, 0.3) is 0 Å². The van der Waals surface area contributed by atoms with Gasteiger partial charge in [0.25, 0.3) is 0 Å². The maximum absolute atomic E-state index is 12.4. The summed E-state index contributed by atoms with van der Waals surface area (Å²) >= 11 is 8.13. The summed E-state index contributed by atoms with van der Waals surface area (Å²) in [6.45, 7) is 0. The molecule has 0 N–H and O–H groups in total. The molecule has 0 fully saturated rings. The number of halogens is 5. The van der Waals surface area contributed by atoms with Crippen LogP contribution in [-0.4, -0.2) is 4.98 Å². The molecule has 0 radical (unpaired) electrons. The molecule has 0 saturated heterocycles. The molecule has 0 spiro atoms. The molecule has 0 amide bonds. The van der Waals surface area contributed by atoms with Gasteiger partial charge in [-0.15, -0.1) is 11.6 Å². The van der Waals surface area contributed by atoms with Gasteiger partial charge in [-0.2, -0.15) is 13.2 Å². The first-order chi connectivity index (χ1) is 5.96. The summed E-state index contributed by atoms with van der Waals surface area (Å²) in [7, 11) is 0. The van der Waals surface area contributed by atoms with Crippen molar-refractivity contribution in [1.82, 2.24) is 4.98 Å². The van der Waals surface area contributed by atoms with Crippen LogP contribution in [-0.2, 0) is 12.1 Å². The van der Waals surface area contributed by atoms with Crippen LogP contribution in [0.5, 0.6) is 0 Å². The Morgan fingerprint density at radius 3 is 2.38 bits per heavy atom. The number of alkyl halides is 4. The first kappa shape index (κ1) is 10.8. The normalized spacial score (nSPS) is 11.8. The molecule has 6 heteroatoms. The average molecular weight is 274 g/mol. The second-order valence-corrected chi connectivity index (χ2v) is 3.41. The van der Waals surface area contributed by atoms with E-state index in [1.807, 2.05) is 0 Å². The van der Waals surface area contributed by atoms with Gasteiger partial charge in [-0.1, -0.05) is 0 Å². The van der Waals surface area contributed by atoms with Crippen LogP contribution in [0.4, 0.5) is 13.2 Å². The molecule has 0 aliphatic heterocycles. The molecule has 0 aromatic carbocycles. The Kier molecular flexibility index (Phi) is 3.18. The van der Waals surface area contributed by atoms with E-state index in [-0.39, 0.29) is 15.9 Å². The van der Waals surface area contributed by atoms with Gasteiger partial charge < -0.3 is 0 Å². The summed E-state index contributed by atoms with van der Waals surface area (Å²) in [4.78, 5) is 3.60. The van der Waals surface area contributed by atoms with Gasteiger partial charge in [0, 0.05) is 22.7 Å². The third-order valence-corrected chi connectivity index (χ3v) is 2.29. The highest BCUT2D eigenvalue weighted by Gasteiger charge is 2.35. The number of rotatable bonds is 1. The SMILES string of the molecule is FC(F)(F)c1c(Br)cncc1CCl. The van der Waals surface area contributed by atoms with E-state index in [9.17, 15) is 13.2 Å². The fourth-order valence-electron chi connectivity index (χ4n) is 0.894. The van der Waals surface area contributed by atoms with Gasteiger partial charge in [-0.05, 0) is 21.5 Å². The monoisotopic (exact) mass is 273 g/mol. The molecule has 0 unspecified atom stereocenters. The lowest BCUT2D eigenvalue weighted by Crippen LogP contribution is -2.10. The van der Waals surface area contributed by atoms with E-state index < -0.39 is 11.7 Å². The van der Waals surface area contributed by atoms with Crippen molar-refractivity contribution < 1.29 is 13.2 Å². The fraction of sp³-hybridized carbons (Fsp3) is 0.286. The highest BCUT2D eigenvalue weighted by molar-refractivity contribution is 9.10. The third-order valence-electron chi connectivity index (χ3n) is 1.41. The van der Waals surface area contributed by atoms with E-state index in [2.05, 4.69) is 20.9 Å². The summed E-state index contributed by atoms with van der Waals surface area (Å²) in [5, 5.41) is 0. The summed E-state index contributed by atoms with van der Waals surface area (Å²) in [6, 6.07) is 0. The van der Waals surface area contributed by atoms with Crippen LogP contribution in [0.1, 0.15) is 11.1 Å². The van der Waals surface area contributed by atoms with Crippen LogP contribution >= 0.6 is 27.5 Å². The van der Waals surface area contributed by atoms with Gasteiger partial charge in [-0.3, -0.25) is 4.98 Å². The smallest absolute Gasteiger partial charge is 0.263 e. The minimum Gasteiger partial charge on any atom is -0.263 e. The maximum atomic E-state index is 12.4. The van der Waals surface area contributed by atoms with E-state index in [1.54, 1.807) is 0 Å². The predicted molar refractivity (Wildman–Crippen MR) is 46.5 cm³/mol. The van der Waals surface area contributed by atoms with E-state index in [1.165, 1.54) is 0 Å². The van der Waals surface area contributed by atoms with Crippen LogP contribution in [0.3, 0.4) is 0 Å². The Bertz CT molecular complexity index is 313. The minimum atomic E-state index is -4.40. The molecule has 0 atom stereocenters. The topological polar surface area (TPSA) is 12.9 Å². The Balaban J connectivity index is 3.32. The lowest BCUT2D eigenvalue weighted by molar-refractivity contribution is -0.138. The Hall–Kier alpha value is -0.290. The molecule has 0 saturated carbocycles. The first-order valence-electron chi connectivity index (χ1n) is 3.22. The second-order valence-electron chi connectivity index (χ2n) is 2.29. The molecule has 1 aromatic heterocycles. The van der Waals surface area contributed by atoms with Gasteiger partial charge in [0.1, 0.15) is 0 Å². The molecular weight excluding hydrogens is 270 g/mol. The predicted octanol–water partition coefficient (Wildman–Crippen LogP) is 3.60. The van der Waals surface area contributed by atoms with Crippen molar-refractivity contribution in [3.8, 4) is 0 Å². The third kappa shape index (κ3) is 2.34. The maximum Gasteiger partial charge on any atom is 0.417 e. The molecule has 0 bridgehead atoms. The van der Waals surface area contributed by atoms with E-state index in [0.29, 0.717) is 0 Å². The van der Waals surface area contributed by atoms with Crippen molar-refractivity contribution in [3.63, 3.8) is 0 Å². The van der Waals surface area contributed by atoms with Gasteiger partial charge in [0.05, 0.1) is 5.56 Å². The van der Waals surface area contributed by atoms with E-state index >= 15 is 0 Å². The van der Waals surface area contributed by atoms with E-state index in [4.69, 9.17) is 11.6 Å². The Morgan fingerprint density at radius 1 is 1.38 bits per heavy atom.